The van der Waals surface area contributed by atoms with Crippen LogP contribution in [0.4, 0.5) is 0 Å². The van der Waals surface area contributed by atoms with Crippen molar-refractivity contribution in [1.29, 1.82) is 0 Å². The number of furan rings is 1. The second-order valence-corrected chi connectivity index (χ2v) is 5.36. The summed E-state index contributed by atoms with van der Waals surface area (Å²) >= 11 is 0. The molecule has 0 fully saturated rings. The van der Waals surface area contributed by atoms with Crippen molar-refractivity contribution in [2.75, 3.05) is 0 Å². The number of aromatic nitrogens is 5. The molecule has 0 bridgehead atoms. The zero-order valence-electron chi connectivity index (χ0n) is 12.2. The topological polar surface area (TPSA) is 94.8 Å². The molecule has 3 aromatic rings. The second-order valence-electron chi connectivity index (χ2n) is 5.36. The second kappa shape index (κ2) is 5.38. The molecule has 0 saturated carbocycles. The lowest BCUT2D eigenvalue weighted by molar-refractivity contribution is 0.320. The maximum Gasteiger partial charge on any atom is 0.241 e. The summed E-state index contributed by atoms with van der Waals surface area (Å²) in [4.78, 5) is 8.73. The van der Waals surface area contributed by atoms with E-state index in [1.807, 2.05) is 11.6 Å². The summed E-state index contributed by atoms with van der Waals surface area (Å²) in [5.74, 6) is 3.52. The number of nitrogens with one attached hydrogen (secondary N) is 1. The Morgan fingerprint density at radius 1 is 1.41 bits per heavy atom. The number of aryl methyl sites for hydroxylation is 2. The van der Waals surface area contributed by atoms with Gasteiger partial charge in [-0.05, 0) is 25.5 Å². The minimum absolute atomic E-state index is 0.326. The van der Waals surface area contributed by atoms with E-state index < -0.39 is 0 Å². The maximum atomic E-state index is 5.24. The van der Waals surface area contributed by atoms with E-state index >= 15 is 0 Å². The molecule has 1 atom stereocenters. The summed E-state index contributed by atoms with van der Waals surface area (Å²) in [5.41, 5.74) is 0. The summed E-state index contributed by atoms with van der Waals surface area (Å²) < 4.78 is 12.5. The van der Waals surface area contributed by atoms with E-state index in [1.54, 1.807) is 18.4 Å². The van der Waals surface area contributed by atoms with Crippen LogP contribution in [0, 0.1) is 6.92 Å². The Kier molecular flexibility index (Phi) is 3.23. The molecular formula is C14H16N6O2. The van der Waals surface area contributed by atoms with Gasteiger partial charge in [-0.2, -0.15) is 10.1 Å². The Morgan fingerprint density at radius 3 is 3.23 bits per heavy atom. The normalized spacial score (nSPS) is 17.6. The van der Waals surface area contributed by atoms with Crippen LogP contribution >= 0.6 is 0 Å². The van der Waals surface area contributed by atoms with Crippen LogP contribution in [-0.4, -0.2) is 30.9 Å². The highest BCUT2D eigenvalue weighted by Crippen LogP contribution is 2.16. The van der Waals surface area contributed by atoms with Crippen LogP contribution in [0.25, 0.3) is 11.6 Å². The van der Waals surface area contributed by atoms with Crippen LogP contribution in [0.1, 0.15) is 24.0 Å². The molecule has 0 amide bonds. The Labute approximate surface area is 126 Å². The van der Waals surface area contributed by atoms with Crippen molar-refractivity contribution in [1.82, 2.24) is 30.2 Å². The Morgan fingerprint density at radius 2 is 2.36 bits per heavy atom. The number of fused-ring (bicyclic) bond motifs is 1. The molecule has 0 radical (unpaired) electrons. The van der Waals surface area contributed by atoms with Gasteiger partial charge in [-0.15, -0.1) is 0 Å². The van der Waals surface area contributed by atoms with Crippen molar-refractivity contribution in [2.24, 2.45) is 0 Å². The largest absolute Gasteiger partial charge is 0.461 e. The lowest BCUT2D eigenvalue weighted by Crippen LogP contribution is -2.37. The van der Waals surface area contributed by atoms with Crippen LogP contribution in [0.5, 0.6) is 0 Å². The van der Waals surface area contributed by atoms with Gasteiger partial charge in [0.05, 0.1) is 19.4 Å². The molecule has 8 nitrogen and oxygen atoms in total. The third kappa shape index (κ3) is 2.52. The molecule has 8 heteroatoms. The maximum absolute atomic E-state index is 5.24. The lowest BCUT2D eigenvalue weighted by atomic mass is 10.1. The number of nitrogens with zero attached hydrogens (tertiary/aromatic N) is 5. The average Bonchev–Trinajstić information content (AvgIpc) is 3.23. The fourth-order valence-electron chi connectivity index (χ4n) is 2.66. The van der Waals surface area contributed by atoms with Gasteiger partial charge in [0.1, 0.15) is 11.6 Å². The van der Waals surface area contributed by atoms with Crippen LogP contribution in [0.15, 0.2) is 27.3 Å². The minimum atomic E-state index is 0.326. The molecule has 0 aliphatic carbocycles. The quantitative estimate of drug-likeness (QED) is 0.776. The van der Waals surface area contributed by atoms with Gasteiger partial charge in [0.25, 0.3) is 0 Å². The first-order valence-electron chi connectivity index (χ1n) is 7.28. The molecule has 114 valence electrons. The summed E-state index contributed by atoms with van der Waals surface area (Å²) in [6, 6.07) is 3.92. The minimum Gasteiger partial charge on any atom is -0.461 e. The first-order chi connectivity index (χ1) is 10.8. The van der Waals surface area contributed by atoms with E-state index in [4.69, 9.17) is 8.94 Å². The first-order valence-corrected chi connectivity index (χ1v) is 7.28. The Balaban J connectivity index is 1.37. The number of rotatable bonds is 4. The van der Waals surface area contributed by atoms with E-state index in [1.165, 1.54) is 0 Å². The van der Waals surface area contributed by atoms with E-state index in [0.29, 0.717) is 30.1 Å². The molecule has 1 N–H and O–H groups in total. The molecule has 4 rings (SSSR count). The highest BCUT2D eigenvalue weighted by molar-refractivity contribution is 5.44. The van der Waals surface area contributed by atoms with Crippen LogP contribution in [0.3, 0.4) is 0 Å². The van der Waals surface area contributed by atoms with Gasteiger partial charge in [0.2, 0.25) is 11.7 Å². The van der Waals surface area contributed by atoms with Crippen molar-refractivity contribution in [3.05, 3.63) is 35.9 Å². The van der Waals surface area contributed by atoms with Gasteiger partial charge in [-0.3, -0.25) is 0 Å². The van der Waals surface area contributed by atoms with Gasteiger partial charge >= 0.3 is 0 Å². The fourth-order valence-corrected chi connectivity index (χ4v) is 2.66. The molecule has 0 unspecified atom stereocenters. The van der Waals surface area contributed by atoms with Gasteiger partial charge in [-0.1, -0.05) is 5.16 Å². The van der Waals surface area contributed by atoms with Crippen molar-refractivity contribution in [3.63, 3.8) is 0 Å². The third-order valence-electron chi connectivity index (χ3n) is 3.72. The number of hydrogen-bond donors (Lipinski definition) is 1. The van der Waals surface area contributed by atoms with Gasteiger partial charge in [0.15, 0.2) is 5.76 Å². The predicted octanol–water partition coefficient (Wildman–Crippen LogP) is 1.33. The van der Waals surface area contributed by atoms with Gasteiger partial charge in [-0.25, -0.2) is 9.67 Å². The molecule has 0 saturated heterocycles. The van der Waals surface area contributed by atoms with Crippen molar-refractivity contribution in [2.45, 2.75) is 38.9 Å². The summed E-state index contributed by atoms with van der Waals surface area (Å²) in [6.45, 7) is 3.26. The SMILES string of the molecule is Cc1nc2n(n1)C[C@@H](NCc1nc(-c3ccco3)no1)CC2. The van der Waals surface area contributed by atoms with Crippen LogP contribution < -0.4 is 5.32 Å². The zero-order chi connectivity index (χ0) is 14.9. The zero-order valence-corrected chi connectivity index (χ0v) is 12.2. The van der Waals surface area contributed by atoms with E-state index in [9.17, 15) is 0 Å². The van der Waals surface area contributed by atoms with Gasteiger partial charge < -0.3 is 14.3 Å². The highest BCUT2D eigenvalue weighted by atomic mass is 16.5. The third-order valence-corrected chi connectivity index (χ3v) is 3.72. The Bertz CT molecular complexity index is 760. The van der Waals surface area contributed by atoms with Crippen molar-refractivity contribution < 1.29 is 8.94 Å². The molecule has 22 heavy (non-hydrogen) atoms. The van der Waals surface area contributed by atoms with E-state index in [-0.39, 0.29) is 0 Å². The summed E-state index contributed by atoms with van der Waals surface area (Å²) in [5, 5.41) is 11.7. The van der Waals surface area contributed by atoms with Crippen molar-refractivity contribution in [3.8, 4) is 11.6 Å². The fraction of sp³-hybridized carbons (Fsp3) is 0.429. The molecule has 1 aliphatic rings. The first kappa shape index (κ1) is 13.2. The van der Waals surface area contributed by atoms with E-state index in [2.05, 4.69) is 25.5 Å². The van der Waals surface area contributed by atoms with Crippen molar-refractivity contribution >= 4 is 0 Å². The standard InChI is InChI=1S/C14H16N6O2/c1-9-16-12-5-4-10(8-20(12)18-9)15-7-13-17-14(19-22-13)11-3-2-6-21-11/h2-3,6,10,15H,4-5,7-8H2,1H3/t10-/m0/s1. The molecule has 1 aliphatic heterocycles. The molecule has 4 heterocycles. The Hall–Kier alpha value is -2.48. The molecular weight excluding hydrogens is 284 g/mol. The average molecular weight is 300 g/mol. The van der Waals surface area contributed by atoms with E-state index in [0.717, 1.165) is 31.0 Å². The van der Waals surface area contributed by atoms with Crippen LogP contribution in [-0.2, 0) is 19.5 Å². The molecule has 0 spiro atoms. The number of hydrogen-bond acceptors (Lipinski definition) is 7. The predicted molar refractivity (Wildman–Crippen MR) is 75.7 cm³/mol. The molecule has 0 aromatic carbocycles. The summed E-state index contributed by atoms with van der Waals surface area (Å²) in [6.07, 6.45) is 3.54. The smallest absolute Gasteiger partial charge is 0.241 e. The molecule has 3 aromatic heterocycles. The summed E-state index contributed by atoms with van der Waals surface area (Å²) in [7, 11) is 0. The lowest BCUT2D eigenvalue weighted by Gasteiger charge is -2.22. The van der Waals surface area contributed by atoms with Gasteiger partial charge in [0, 0.05) is 12.5 Å². The monoisotopic (exact) mass is 300 g/mol. The van der Waals surface area contributed by atoms with Crippen LogP contribution in [0.2, 0.25) is 0 Å². The highest BCUT2D eigenvalue weighted by Gasteiger charge is 2.21.